The molecule has 2 aromatic heterocycles. The van der Waals surface area contributed by atoms with Gasteiger partial charge in [0.15, 0.2) is 5.69 Å². The Bertz CT molecular complexity index is 1090. The number of aliphatic hydroxyl groups is 1. The second-order valence-electron chi connectivity index (χ2n) is 7.95. The zero-order valence-electron chi connectivity index (χ0n) is 17.3. The van der Waals surface area contributed by atoms with Crippen molar-refractivity contribution in [2.75, 3.05) is 13.2 Å². The highest BCUT2D eigenvalue weighted by molar-refractivity contribution is 6.05. The van der Waals surface area contributed by atoms with Crippen molar-refractivity contribution >= 4 is 16.8 Å². The van der Waals surface area contributed by atoms with E-state index in [4.69, 9.17) is 4.74 Å². The highest BCUT2D eigenvalue weighted by Gasteiger charge is 2.35. The highest BCUT2D eigenvalue weighted by atomic mass is 19.4. The Balaban J connectivity index is 1.83. The van der Waals surface area contributed by atoms with Crippen LogP contribution < -0.4 is 10.1 Å². The van der Waals surface area contributed by atoms with Gasteiger partial charge in [-0.15, -0.1) is 0 Å². The lowest BCUT2D eigenvalue weighted by molar-refractivity contribution is -0.142. The van der Waals surface area contributed by atoms with Crippen molar-refractivity contribution in [2.24, 2.45) is 12.5 Å². The van der Waals surface area contributed by atoms with Crippen LogP contribution >= 0.6 is 0 Å². The first-order valence-corrected chi connectivity index (χ1v) is 9.51. The molecule has 166 valence electrons. The molecular weight excluding hydrogens is 413 g/mol. The van der Waals surface area contributed by atoms with Crippen LogP contribution in [0.1, 0.15) is 35.6 Å². The van der Waals surface area contributed by atoms with Crippen LogP contribution in [0, 0.1) is 5.41 Å². The smallest absolute Gasteiger partial charge is 0.433 e. The Morgan fingerprint density at radius 3 is 2.68 bits per heavy atom. The van der Waals surface area contributed by atoms with Crippen LogP contribution in [0.5, 0.6) is 5.75 Å². The van der Waals surface area contributed by atoms with Crippen molar-refractivity contribution in [1.82, 2.24) is 20.1 Å². The van der Waals surface area contributed by atoms with Crippen molar-refractivity contribution in [3.63, 3.8) is 0 Å². The van der Waals surface area contributed by atoms with Crippen LogP contribution in [0.25, 0.3) is 10.9 Å². The molecule has 0 aliphatic heterocycles. The molecule has 0 aliphatic rings. The van der Waals surface area contributed by atoms with E-state index in [0.29, 0.717) is 16.7 Å². The summed E-state index contributed by atoms with van der Waals surface area (Å²) in [6.07, 6.45) is -3.50. The van der Waals surface area contributed by atoms with Crippen molar-refractivity contribution in [3.05, 3.63) is 53.5 Å². The Labute approximate surface area is 176 Å². The minimum Gasteiger partial charge on any atom is -0.489 e. The number of ether oxygens (including phenoxy) is 1. The summed E-state index contributed by atoms with van der Waals surface area (Å²) in [5.74, 6) is -0.0856. The number of pyridine rings is 1. The SMILES string of the molecule is Cn1nc2ccc(OCc3cccnc3C(F)(F)F)cc2c1C(=O)NCC(C)(C)CO. The third-order valence-electron chi connectivity index (χ3n) is 4.73. The molecule has 0 bridgehead atoms. The molecule has 0 radical (unpaired) electrons. The van der Waals surface area contributed by atoms with E-state index in [2.05, 4.69) is 15.4 Å². The largest absolute Gasteiger partial charge is 0.489 e. The van der Waals surface area contributed by atoms with E-state index in [0.717, 1.165) is 6.20 Å². The Kier molecular flexibility index (Phi) is 6.21. The molecular formula is C21H23F3N4O3. The molecule has 10 heteroatoms. The molecule has 2 heterocycles. The first-order valence-electron chi connectivity index (χ1n) is 9.51. The lowest BCUT2D eigenvalue weighted by atomic mass is 9.95. The normalized spacial score (nSPS) is 12.2. The predicted octanol–water partition coefficient (Wildman–Crippen LogP) is 3.31. The summed E-state index contributed by atoms with van der Waals surface area (Å²) in [4.78, 5) is 16.1. The van der Waals surface area contributed by atoms with Crippen molar-refractivity contribution < 1.29 is 27.8 Å². The number of halogens is 3. The molecule has 0 fully saturated rings. The summed E-state index contributed by atoms with van der Waals surface area (Å²) in [7, 11) is 1.62. The van der Waals surface area contributed by atoms with Gasteiger partial charge in [-0.25, -0.2) is 0 Å². The van der Waals surface area contributed by atoms with Gasteiger partial charge < -0.3 is 15.2 Å². The van der Waals surface area contributed by atoms with Crippen LogP contribution in [0.2, 0.25) is 0 Å². The number of benzene rings is 1. The van der Waals surface area contributed by atoms with Gasteiger partial charge in [0.1, 0.15) is 18.1 Å². The number of carbonyl (C=O) groups is 1. The lowest BCUT2D eigenvalue weighted by Gasteiger charge is -2.21. The number of fused-ring (bicyclic) bond motifs is 1. The first-order chi connectivity index (χ1) is 14.5. The van der Waals surface area contributed by atoms with E-state index in [1.807, 2.05) is 13.8 Å². The van der Waals surface area contributed by atoms with E-state index in [1.165, 1.54) is 16.8 Å². The van der Waals surface area contributed by atoms with Gasteiger partial charge in [-0.05, 0) is 24.3 Å². The van der Waals surface area contributed by atoms with Crippen LogP contribution in [0.4, 0.5) is 13.2 Å². The number of aromatic nitrogens is 3. The molecule has 0 saturated carbocycles. The minimum atomic E-state index is -4.58. The number of nitrogens with zero attached hydrogens (tertiary/aromatic N) is 3. The Morgan fingerprint density at radius 2 is 2.00 bits per heavy atom. The van der Waals surface area contributed by atoms with Crippen LogP contribution in [-0.2, 0) is 19.8 Å². The number of rotatable bonds is 7. The zero-order valence-corrected chi connectivity index (χ0v) is 17.3. The Morgan fingerprint density at radius 1 is 1.26 bits per heavy atom. The fourth-order valence-corrected chi connectivity index (χ4v) is 2.97. The molecule has 1 amide bonds. The van der Waals surface area contributed by atoms with Gasteiger partial charge >= 0.3 is 6.18 Å². The van der Waals surface area contributed by atoms with Gasteiger partial charge in [0.05, 0.1) is 5.52 Å². The molecule has 3 rings (SSSR count). The maximum atomic E-state index is 13.1. The third-order valence-corrected chi connectivity index (χ3v) is 4.73. The van der Waals surface area contributed by atoms with Crippen molar-refractivity contribution in [2.45, 2.75) is 26.6 Å². The number of carbonyl (C=O) groups excluding carboxylic acids is 1. The molecule has 0 spiro atoms. The molecule has 2 N–H and O–H groups in total. The summed E-state index contributed by atoms with van der Waals surface area (Å²) < 4.78 is 46.4. The van der Waals surface area contributed by atoms with Gasteiger partial charge in [-0.3, -0.25) is 14.5 Å². The molecule has 31 heavy (non-hydrogen) atoms. The summed E-state index contributed by atoms with van der Waals surface area (Å²) in [5, 5.41) is 16.9. The molecule has 0 aliphatic carbocycles. The van der Waals surface area contributed by atoms with Crippen LogP contribution in [0.3, 0.4) is 0 Å². The molecule has 3 aromatic rings. The second-order valence-corrected chi connectivity index (χ2v) is 7.95. The monoisotopic (exact) mass is 436 g/mol. The van der Waals surface area contributed by atoms with E-state index in [-0.39, 0.29) is 36.9 Å². The average Bonchev–Trinajstić information content (AvgIpc) is 3.05. The third kappa shape index (κ3) is 5.13. The van der Waals surface area contributed by atoms with Crippen molar-refractivity contribution in [1.29, 1.82) is 0 Å². The fraction of sp³-hybridized carbons (Fsp3) is 0.381. The number of hydrogen-bond acceptors (Lipinski definition) is 5. The summed E-state index contributed by atoms with van der Waals surface area (Å²) >= 11 is 0. The van der Waals surface area contributed by atoms with E-state index < -0.39 is 17.3 Å². The molecule has 0 saturated heterocycles. The highest BCUT2D eigenvalue weighted by Crippen LogP contribution is 2.31. The molecule has 0 unspecified atom stereocenters. The van der Waals surface area contributed by atoms with Crippen LogP contribution in [0.15, 0.2) is 36.5 Å². The number of hydrogen-bond donors (Lipinski definition) is 2. The minimum absolute atomic E-state index is 0.0916. The number of aliphatic hydroxyl groups excluding tert-OH is 1. The van der Waals surface area contributed by atoms with E-state index in [1.54, 1.807) is 25.2 Å². The first kappa shape index (κ1) is 22.5. The summed E-state index contributed by atoms with van der Waals surface area (Å²) in [5.41, 5.74) is -0.752. The summed E-state index contributed by atoms with van der Waals surface area (Å²) in [6.45, 7) is 3.46. The van der Waals surface area contributed by atoms with Gasteiger partial charge in [0, 0.05) is 42.8 Å². The number of aryl methyl sites for hydroxylation is 1. The van der Waals surface area contributed by atoms with Gasteiger partial charge in [-0.2, -0.15) is 18.3 Å². The zero-order chi connectivity index (χ0) is 22.8. The predicted molar refractivity (Wildman–Crippen MR) is 107 cm³/mol. The molecule has 0 atom stereocenters. The summed E-state index contributed by atoms with van der Waals surface area (Å²) in [6, 6.07) is 7.50. The number of amides is 1. The van der Waals surface area contributed by atoms with Gasteiger partial charge in [-0.1, -0.05) is 19.9 Å². The topological polar surface area (TPSA) is 89.3 Å². The quantitative estimate of drug-likeness (QED) is 0.593. The fourth-order valence-electron chi connectivity index (χ4n) is 2.97. The average molecular weight is 436 g/mol. The van der Waals surface area contributed by atoms with E-state index >= 15 is 0 Å². The molecule has 1 aromatic carbocycles. The molecule has 7 nitrogen and oxygen atoms in total. The number of nitrogens with one attached hydrogen (secondary N) is 1. The standard InChI is InChI=1S/C21H23F3N4O3/c1-20(2,12-29)11-26-19(30)17-15-9-14(6-7-16(15)27-28(17)3)31-10-13-5-4-8-25-18(13)21(22,23)24/h4-9,29H,10-12H2,1-3H3,(H,26,30). The maximum Gasteiger partial charge on any atom is 0.433 e. The Hall–Kier alpha value is -3.14. The van der Waals surface area contributed by atoms with Gasteiger partial charge in [0.2, 0.25) is 0 Å². The lowest BCUT2D eigenvalue weighted by Crippen LogP contribution is -2.36. The van der Waals surface area contributed by atoms with Gasteiger partial charge in [0.25, 0.3) is 5.91 Å². The van der Waals surface area contributed by atoms with Crippen molar-refractivity contribution in [3.8, 4) is 5.75 Å². The van der Waals surface area contributed by atoms with E-state index in [9.17, 15) is 23.1 Å². The number of alkyl halides is 3. The maximum absolute atomic E-state index is 13.1. The van der Waals surface area contributed by atoms with Crippen LogP contribution in [-0.4, -0.2) is 38.9 Å². The second kappa shape index (κ2) is 8.54.